The van der Waals surface area contributed by atoms with Gasteiger partial charge in [-0.15, -0.1) is 0 Å². The molecule has 3 heterocycles. The molecule has 374 valence electrons. The third-order valence-corrected chi connectivity index (χ3v) is 12.2. The van der Waals surface area contributed by atoms with Gasteiger partial charge in [0.2, 0.25) is 0 Å². The van der Waals surface area contributed by atoms with E-state index in [2.05, 4.69) is 0 Å². The SMILES string of the molecule is COC(=O)[C@H]1[C@@H]2C[C@@H](OC3OC(C)C(O)C(N)C3O)/C=C/C=C/C=C/C=C/C=C/C=C/C=C/C(C)[C@@H](O)[C@@H](C)[C@H](C)OC(=O)C[C@H](O)C[C@H](O)CC[C@@H](O)[C@H](O)C[C@H](O)C[C@](O)(C[C@@H]1O)O2. The normalized spacial score (nSPS) is 44.9. The van der Waals surface area contributed by atoms with E-state index in [9.17, 15) is 60.7 Å². The fraction of sp³-hybridized carbons (Fsp3) is 0.667. The lowest BCUT2D eigenvalue weighted by atomic mass is 9.82. The summed E-state index contributed by atoms with van der Waals surface area (Å²) in [6, 6.07) is -1.13. The van der Waals surface area contributed by atoms with E-state index in [4.69, 9.17) is 29.4 Å². The van der Waals surface area contributed by atoms with Gasteiger partial charge in [0.25, 0.3) is 0 Å². The van der Waals surface area contributed by atoms with Gasteiger partial charge in [0, 0.05) is 37.5 Å². The highest BCUT2D eigenvalue weighted by molar-refractivity contribution is 5.74. The van der Waals surface area contributed by atoms with Crippen LogP contribution < -0.4 is 5.73 Å². The summed E-state index contributed by atoms with van der Waals surface area (Å²) < 4.78 is 28.4. The molecule has 66 heavy (non-hydrogen) atoms. The Bertz CT molecular complexity index is 1680. The summed E-state index contributed by atoms with van der Waals surface area (Å²) in [6.45, 7) is 6.78. The Labute approximate surface area is 387 Å². The molecule has 0 amide bonds. The number of cyclic esters (lactones) is 1. The third kappa shape index (κ3) is 18.6. The molecule has 2 fully saturated rings. The molecule has 0 aromatic heterocycles. The van der Waals surface area contributed by atoms with Crippen molar-refractivity contribution in [1.82, 2.24) is 0 Å². The molecule has 0 aromatic carbocycles. The van der Waals surface area contributed by atoms with Gasteiger partial charge in [-0.25, -0.2) is 0 Å². The molecule has 18 heteroatoms. The molecule has 12 N–H and O–H groups in total. The number of methoxy groups -OCH3 is 1. The molecule has 19 atom stereocenters. The Morgan fingerprint density at radius 1 is 0.667 bits per heavy atom. The number of aliphatic hydroxyl groups excluding tert-OH is 9. The molecule has 2 saturated heterocycles. The van der Waals surface area contributed by atoms with Crippen molar-refractivity contribution in [2.24, 2.45) is 23.5 Å². The molecular weight excluding hydrogens is 863 g/mol. The van der Waals surface area contributed by atoms with Crippen molar-refractivity contribution < 1.29 is 84.3 Å². The van der Waals surface area contributed by atoms with Crippen LogP contribution in [0.1, 0.15) is 79.1 Å². The zero-order chi connectivity index (χ0) is 49.1. The fourth-order valence-corrected chi connectivity index (χ4v) is 8.09. The standard InChI is InChI=1S/C48H75NO17/c1-28-18-16-14-12-10-8-6-7-9-11-13-15-17-19-35(65-47-45(59)42(49)44(58)31(4)64-47)25-39-41(46(60)62-5)38(55)27-48(61,66-39)26-34(52)23-37(54)36(53)21-20-32(50)22-33(51)24-40(56)63-30(3)29(2)43(28)57/h6-19,28-39,41-45,47,50-55,57-59,61H,20-27,49H2,1-5H3/b7-6+,10-8+,11-9+,14-12+,15-13+,18-16+,19-17+/t28?,29-,30-,31?,32+,33+,34-,35-,36+,37+,38-,39-,41+,42?,43+,44?,45?,47?,48+/m0/s1. The van der Waals surface area contributed by atoms with E-state index in [-0.39, 0.29) is 31.6 Å². The summed E-state index contributed by atoms with van der Waals surface area (Å²) in [7, 11) is 1.12. The van der Waals surface area contributed by atoms with E-state index >= 15 is 0 Å². The number of allylic oxidation sites excluding steroid dienone is 12. The molecule has 3 aliphatic rings. The van der Waals surface area contributed by atoms with Crippen molar-refractivity contribution in [2.45, 2.75) is 177 Å². The third-order valence-electron chi connectivity index (χ3n) is 12.2. The highest BCUT2D eigenvalue weighted by Gasteiger charge is 2.51. The highest BCUT2D eigenvalue weighted by Crippen LogP contribution is 2.38. The second kappa shape index (κ2) is 28.1. The molecule has 0 aromatic rings. The van der Waals surface area contributed by atoms with Gasteiger partial charge in [-0.05, 0) is 33.1 Å². The van der Waals surface area contributed by atoms with Gasteiger partial charge in [-0.1, -0.05) is 98.9 Å². The number of carbonyl (C=O) groups is 2. The molecule has 3 rings (SSSR count). The zero-order valence-corrected chi connectivity index (χ0v) is 38.5. The number of ether oxygens (including phenoxy) is 5. The molecule has 3 aliphatic heterocycles. The lowest BCUT2D eigenvalue weighted by Crippen LogP contribution is -2.61. The van der Waals surface area contributed by atoms with E-state index in [1.165, 1.54) is 0 Å². The van der Waals surface area contributed by atoms with Crippen LogP contribution in [0.15, 0.2) is 85.1 Å². The predicted molar refractivity (Wildman–Crippen MR) is 241 cm³/mol. The highest BCUT2D eigenvalue weighted by atomic mass is 16.7. The number of hydrogen-bond acceptors (Lipinski definition) is 18. The minimum absolute atomic E-state index is 0.0949. The van der Waals surface area contributed by atoms with Gasteiger partial charge in [-0.3, -0.25) is 9.59 Å². The molecule has 0 saturated carbocycles. The number of fused-ring (bicyclic) bond motifs is 2. The molecular formula is C48H75NO17. The topological polar surface area (TPSA) is 309 Å². The summed E-state index contributed by atoms with van der Waals surface area (Å²) in [5.41, 5.74) is 6.05. The number of esters is 2. The van der Waals surface area contributed by atoms with Gasteiger partial charge in [0.15, 0.2) is 12.1 Å². The number of hydrogen-bond donors (Lipinski definition) is 11. The van der Waals surface area contributed by atoms with Crippen molar-refractivity contribution in [1.29, 1.82) is 0 Å². The summed E-state index contributed by atoms with van der Waals surface area (Å²) >= 11 is 0. The van der Waals surface area contributed by atoms with E-state index < -0.39 is 147 Å². The van der Waals surface area contributed by atoms with Crippen LogP contribution in [0.25, 0.3) is 0 Å². The van der Waals surface area contributed by atoms with E-state index in [0.717, 1.165) is 7.11 Å². The zero-order valence-electron chi connectivity index (χ0n) is 38.5. The first-order chi connectivity index (χ1) is 31.2. The summed E-state index contributed by atoms with van der Waals surface area (Å²) in [6.07, 6.45) is 4.50. The molecule has 2 bridgehead atoms. The van der Waals surface area contributed by atoms with Crippen LogP contribution in [0.4, 0.5) is 0 Å². The summed E-state index contributed by atoms with van der Waals surface area (Å²) in [5.74, 6) is -5.93. The quantitative estimate of drug-likeness (QED) is 0.174. The largest absolute Gasteiger partial charge is 0.469 e. The van der Waals surface area contributed by atoms with Crippen molar-refractivity contribution in [3.63, 3.8) is 0 Å². The average Bonchev–Trinajstić information content (AvgIpc) is 3.24. The Kier molecular flexibility index (Phi) is 24.3. The van der Waals surface area contributed by atoms with E-state index in [1.54, 1.807) is 75.5 Å². The molecule has 0 aliphatic carbocycles. The van der Waals surface area contributed by atoms with E-state index in [1.807, 2.05) is 37.3 Å². The van der Waals surface area contributed by atoms with Gasteiger partial charge >= 0.3 is 11.9 Å². The number of nitrogens with two attached hydrogens (primary N) is 1. The summed E-state index contributed by atoms with van der Waals surface area (Å²) in [5, 5.41) is 109. The first-order valence-corrected chi connectivity index (χ1v) is 22.7. The van der Waals surface area contributed by atoms with Crippen LogP contribution in [0, 0.1) is 17.8 Å². The Morgan fingerprint density at radius 3 is 1.83 bits per heavy atom. The Morgan fingerprint density at radius 2 is 1.24 bits per heavy atom. The number of carbonyl (C=O) groups excluding carboxylic acids is 2. The first-order valence-electron chi connectivity index (χ1n) is 22.7. The molecule has 6 unspecified atom stereocenters. The fourth-order valence-electron chi connectivity index (χ4n) is 8.09. The number of rotatable bonds is 3. The van der Waals surface area contributed by atoms with Gasteiger partial charge in [0.05, 0.1) is 86.7 Å². The minimum Gasteiger partial charge on any atom is -0.469 e. The second-order valence-electron chi connectivity index (χ2n) is 17.8. The van der Waals surface area contributed by atoms with Gasteiger partial charge in [0.1, 0.15) is 18.1 Å². The lowest BCUT2D eigenvalue weighted by molar-refractivity contribution is -0.308. The smallest absolute Gasteiger partial charge is 0.313 e. The van der Waals surface area contributed by atoms with Gasteiger partial charge in [-0.2, -0.15) is 0 Å². The lowest BCUT2D eigenvalue weighted by Gasteiger charge is -2.45. The Balaban J connectivity index is 1.88. The first kappa shape index (κ1) is 56.9. The van der Waals surface area contributed by atoms with Crippen LogP contribution in [0.2, 0.25) is 0 Å². The maximum Gasteiger partial charge on any atom is 0.313 e. The Hall–Kier alpha value is -3.44. The maximum atomic E-state index is 13.1. The van der Waals surface area contributed by atoms with Crippen LogP contribution in [-0.2, 0) is 33.3 Å². The molecule has 0 spiro atoms. The van der Waals surface area contributed by atoms with Crippen molar-refractivity contribution in [3.05, 3.63) is 85.1 Å². The van der Waals surface area contributed by atoms with Crippen molar-refractivity contribution in [3.8, 4) is 0 Å². The van der Waals surface area contributed by atoms with Crippen LogP contribution in [-0.4, -0.2) is 168 Å². The average molecular weight is 938 g/mol. The monoisotopic (exact) mass is 938 g/mol. The molecule has 0 radical (unpaired) electrons. The van der Waals surface area contributed by atoms with Crippen LogP contribution in [0.3, 0.4) is 0 Å². The molecule has 18 nitrogen and oxygen atoms in total. The minimum atomic E-state index is -2.27. The van der Waals surface area contributed by atoms with Crippen molar-refractivity contribution in [2.75, 3.05) is 7.11 Å². The summed E-state index contributed by atoms with van der Waals surface area (Å²) in [4.78, 5) is 25.7. The predicted octanol–water partition coefficient (Wildman–Crippen LogP) is 0.800. The van der Waals surface area contributed by atoms with Crippen molar-refractivity contribution >= 4 is 11.9 Å². The maximum absolute atomic E-state index is 13.1. The van der Waals surface area contributed by atoms with Crippen LogP contribution >= 0.6 is 0 Å². The van der Waals surface area contributed by atoms with Gasteiger partial charge < -0.3 is 80.5 Å². The van der Waals surface area contributed by atoms with Crippen LogP contribution in [0.5, 0.6) is 0 Å². The van der Waals surface area contributed by atoms with E-state index in [0.29, 0.717) is 0 Å². The number of aliphatic hydroxyl groups is 10. The second-order valence-corrected chi connectivity index (χ2v) is 17.8.